The van der Waals surface area contributed by atoms with Crippen LogP contribution in [0.2, 0.25) is 0 Å². The molecule has 9 rings (SSSR count). The van der Waals surface area contributed by atoms with Crippen molar-refractivity contribution < 1.29 is 14.3 Å². The molecule has 4 N–H and O–H groups in total. The number of rotatable bonds is 8. The zero-order valence-electron chi connectivity index (χ0n) is 27.9. The molecule has 3 aromatic carbocycles. The molecular weight excluding hydrogens is 614 g/mol. The van der Waals surface area contributed by atoms with E-state index < -0.39 is 12.1 Å². The molecule has 4 heterocycles. The minimum atomic E-state index is -0.652. The van der Waals surface area contributed by atoms with Gasteiger partial charge >= 0.3 is 6.09 Å². The number of piperidine rings is 2. The van der Waals surface area contributed by atoms with Crippen LogP contribution in [0.1, 0.15) is 63.3 Å². The van der Waals surface area contributed by atoms with Crippen molar-refractivity contribution in [3.05, 3.63) is 84.7 Å². The topological polar surface area (TPSA) is 128 Å². The van der Waals surface area contributed by atoms with E-state index in [0.717, 1.165) is 63.7 Å². The summed E-state index contributed by atoms with van der Waals surface area (Å²) < 4.78 is 4.80. The van der Waals surface area contributed by atoms with Crippen molar-refractivity contribution in [3.8, 4) is 33.6 Å². The van der Waals surface area contributed by atoms with Crippen LogP contribution in [0.3, 0.4) is 0 Å². The van der Waals surface area contributed by atoms with Crippen molar-refractivity contribution in [1.29, 1.82) is 0 Å². The highest BCUT2D eigenvalue weighted by Crippen LogP contribution is 2.53. The lowest BCUT2D eigenvalue weighted by Gasteiger charge is -2.31. The molecule has 10 heteroatoms. The molecule has 4 fully saturated rings. The number of aromatic nitrogens is 4. The van der Waals surface area contributed by atoms with Crippen molar-refractivity contribution in [1.82, 2.24) is 35.5 Å². The van der Waals surface area contributed by atoms with Crippen LogP contribution < -0.4 is 10.6 Å². The monoisotopic (exact) mass is 655 g/mol. The van der Waals surface area contributed by atoms with Gasteiger partial charge < -0.3 is 30.2 Å². The van der Waals surface area contributed by atoms with Crippen LogP contribution in [0.5, 0.6) is 0 Å². The zero-order valence-corrected chi connectivity index (χ0v) is 27.9. The Morgan fingerprint density at radius 3 is 2.16 bits per heavy atom. The Morgan fingerprint density at radius 2 is 1.45 bits per heavy atom. The first-order valence-electron chi connectivity index (χ1n) is 17.5. The van der Waals surface area contributed by atoms with Gasteiger partial charge in [-0.05, 0) is 83.0 Å². The third-order valence-electron chi connectivity index (χ3n) is 11.1. The fraction of sp³-hybridized carbons (Fsp3) is 0.385. The number of nitrogens with zero attached hydrogens (tertiary/aromatic N) is 3. The number of carbonyl (C=O) groups is 2. The van der Waals surface area contributed by atoms with Gasteiger partial charge in [0.1, 0.15) is 17.7 Å². The number of H-pyrrole nitrogens is 2. The molecule has 7 atom stereocenters. The van der Waals surface area contributed by atoms with Gasteiger partial charge in [0.15, 0.2) is 0 Å². The number of likely N-dealkylation sites (tertiary alicyclic amines) is 1. The van der Waals surface area contributed by atoms with Crippen LogP contribution in [0, 0.1) is 17.8 Å². The normalized spacial score (nSPS) is 25.7. The number of methoxy groups -OCH3 is 1. The van der Waals surface area contributed by atoms with E-state index >= 15 is 0 Å². The van der Waals surface area contributed by atoms with E-state index in [2.05, 4.69) is 86.2 Å². The largest absolute Gasteiger partial charge is 0.453 e. The molecule has 49 heavy (non-hydrogen) atoms. The number of ether oxygens (including phenoxy) is 1. The highest BCUT2D eigenvalue weighted by molar-refractivity contribution is 5.91. The molecule has 0 spiro atoms. The molecule has 4 aliphatic rings. The number of imidazole rings is 2. The summed E-state index contributed by atoms with van der Waals surface area (Å²) in [5, 5.41) is 8.73. The molecule has 0 radical (unpaired) electrons. The Balaban J connectivity index is 0.906. The van der Waals surface area contributed by atoms with E-state index in [4.69, 9.17) is 9.72 Å². The first-order chi connectivity index (χ1) is 23.8. The van der Waals surface area contributed by atoms with Crippen LogP contribution in [0.15, 0.2) is 73.1 Å². The second-order valence-corrected chi connectivity index (χ2v) is 14.7. The first kappa shape index (κ1) is 30.1. The lowest BCUT2D eigenvalue weighted by atomic mass is 9.98. The van der Waals surface area contributed by atoms with E-state index in [9.17, 15) is 9.59 Å². The second-order valence-electron chi connectivity index (χ2n) is 14.7. The van der Waals surface area contributed by atoms with Gasteiger partial charge in [0.2, 0.25) is 5.91 Å². The number of nitrogens with one attached hydrogen (secondary N) is 4. The van der Waals surface area contributed by atoms with Crippen LogP contribution in [0.4, 0.5) is 4.79 Å². The van der Waals surface area contributed by atoms with Gasteiger partial charge in [0.25, 0.3) is 0 Å². The third kappa shape index (κ3) is 5.48. The average Bonchev–Trinajstić information content (AvgIpc) is 3.68. The highest BCUT2D eigenvalue weighted by atomic mass is 16.5. The molecule has 0 bridgehead atoms. The van der Waals surface area contributed by atoms with E-state index in [1.54, 1.807) is 0 Å². The smallest absolute Gasteiger partial charge is 0.407 e. The summed E-state index contributed by atoms with van der Waals surface area (Å²) in [4.78, 5) is 44.2. The quantitative estimate of drug-likeness (QED) is 0.146. The lowest BCUT2D eigenvalue weighted by molar-refractivity contribution is -0.136. The molecule has 250 valence electrons. The van der Waals surface area contributed by atoms with Gasteiger partial charge in [-0.2, -0.15) is 0 Å². The Bertz CT molecular complexity index is 2060. The van der Waals surface area contributed by atoms with Crippen LogP contribution >= 0.6 is 0 Å². The molecule has 2 aromatic heterocycles. The Morgan fingerprint density at radius 1 is 0.796 bits per heavy atom. The molecule has 10 nitrogen and oxygen atoms in total. The van der Waals surface area contributed by atoms with Crippen molar-refractivity contribution >= 4 is 22.8 Å². The van der Waals surface area contributed by atoms with Crippen LogP contribution in [0.25, 0.3) is 44.4 Å². The maximum Gasteiger partial charge on any atom is 0.407 e. The molecule has 2 saturated carbocycles. The van der Waals surface area contributed by atoms with Gasteiger partial charge in [-0.25, -0.2) is 14.8 Å². The Hall–Kier alpha value is -4.96. The number of alkyl carbamates (subject to hydrolysis) is 1. The average molecular weight is 656 g/mol. The standard InChI is InChI=1S/C39H41N7O3/c1-20(2)35(45-39(48)49-3)38(47)46-33-16-28(33)17-34(46)37-41-19-32(44-37)26-11-10-24-12-23(8-9-25(24)13-26)21-4-6-22(7-5-21)31-18-40-36(43-31)30-15-27-14-29(27)42-30/h4-13,18-20,27-30,33-35,42H,14-17H2,1-3H3,(H,40,43)(H,41,44)(H,45,48)/t27-,28-,29-,30+,33-,34+,35+/m1/s1. The highest BCUT2D eigenvalue weighted by Gasteiger charge is 2.56. The molecule has 2 aliphatic heterocycles. The summed E-state index contributed by atoms with van der Waals surface area (Å²) in [7, 11) is 1.31. The number of carbonyl (C=O) groups excluding carboxylic acids is 2. The number of fused-ring (bicyclic) bond motifs is 3. The minimum absolute atomic E-state index is 0.0746. The van der Waals surface area contributed by atoms with Crippen molar-refractivity contribution in [2.75, 3.05) is 7.11 Å². The maximum absolute atomic E-state index is 13.8. The van der Waals surface area contributed by atoms with Gasteiger partial charge in [0.05, 0.1) is 43.0 Å². The summed E-state index contributed by atoms with van der Waals surface area (Å²) in [5.41, 5.74) is 6.48. The predicted molar refractivity (Wildman–Crippen MR) is 187 cm³/mol. The maximum atomic E-state index is 13.8. The molecule has 2 aliphatic carbocycles. The fourth-order valence-electron chi connectivity index (χ4n) is 8.16. The van der Waals surface area contributed by atoms with Gasteiger partial charge in [-0.15, -0.1) is 0 Å². The van der Waals surface area contributed by atoms with Crippen LogP contribution in [-0.4, -0.2) is 62.1 Å². The van der Waals surface area contributed by atoms with Crippen molar-refractivity contribution in [2.45, 2.75) is 69.7 Å². The number of hydrogen-bond donors (Lipinski definition) is 4. The van der Waals surface area contributed by atoms with E-state index in [-0.39, 0.29) is 23.9 Å². The summed E-state index contributed by atoms with van der Waals surface area (Å²) >= 11 is 0. The first-order valence-corrected chi connectivity index (χ1v) is 17.5. The number of benzene rings is 3. The number of hydrogen-bond acceptors (Lipinski definition) is 6. The van der Waals surface area contributed by atoms with Crippen LogP contribution in [-0.2, 0) is 9.53 Å². The molecule has 5 aromatic rings. The number of amides is 2. The predicted octanol–water partition coefficient (Wildman–Crippen LogP) is 6.75. The summed E-state index contributed by atoms with van der Waals surface area (Å²) in [6.07, 6.45) is 7.59. The zero-order chi connectivity index (χ0) is 33.4. The molecule has 2 amide bonds. The Kier molecular flexibility index (Phi) is 7.12. The Labute approximate surface area is 285 Å². The van der Waals surface area contributed by atoms with Crippen molar-refractivity contribution in [3.63, 3.8) is 0 Å². The summed E-state index contributed by atoms with van der Waals surface area (Å²) in [5.74, 6) is 2.99. The third-order valence-corrected chi connectivity index (χ3v) is 11.1. The minimum Gasteiger partial charge on any atom is -0.453 e. The van der Waals surface area contributed by atoms with Gasteiger partial charge in [-0.1, -0.05) is 62.4 Å². The van der Waals surface area contributed by atoms with Gasteiger partial charge in [-0.3, -0.25) is 4.79 Å². The molecule has 0 unspecified atom stereocenters. The van der Waals surface area contributed by atoms with E-state index in [0.29, 0.717) is 18.0 Å². The number of aromatic amines is 2. The van der Waals surface area contributed by atoms with Gasteiger partial charge in [0, 0.05) is 17.6 Å². The molecule has 2 saturated heterocycles. The SMILES string of the molecule is COC(=O)N[C@H](C(=O)N1[C@@H]2C[C@@H]2C[C@H]1c1ncc(-c2ccc3cc(-c4ccc(-c5cnc([C@@H]6C[C@H]7C[C@H]7N6)[nH]5)cc4)ccc3c2)[nH]1)C(C)C. The summed E-state index contributed by atoms with van der Waals surface area (Å²) in [6, 6.07) is 22.2. The fourth-order valence-corrected chi connectivity index (χ4v) is 8.16. The van der Waals surface area contributed by atoms with Crippen molar-refractivity contribution in [2.24, 2.45) is 17.8 Å². The second kappa shape index (κ2) is 11.6. The van der Waals surface area contributed by atoms with E-state index in [1.165, 1.54) is 31.1 Å². The van der Waals surface area contributed by atoms with E-state index in [1.807, 2.05) is 31.1 Å². The molecular formula is C39H41N7O3. The summed E-state index contributed by atoms with van der Waals surface area (Å²) in [6.45, 7) is 3.87. The lowest BCUT2D eigenvalue weighted by Crippen LogP contribution is -2.52.